The van der Waals surface area contributed by atoms with Crippen molar-refractivity contribution >= 4 is 17.9 Å². The zero-order chi connectivity index (χ0) is 15.3. The molecule has 8 nitrogen and oxygen atoms in total. The van der Waals surface area contributed by atoms with E-state index < -0.39 is 17.0 Å². The summed E-state index contributed by atoms with van der Waals surface area (Å²) < 4.78 is 10.3. The third-order valence-corrected chi connectivity index (χ3v) is 2.35. The molecule has 0 aliphatic rings. The van der Waals surface area contributed by atoms with E-state index in [0.29, 0.717) is 6.29 Å². The highest BCUT2D eigenvalue weighted by Gasteiger charge is 2.22. The number of nitrogens with zero attached hydrogens (tertiary/aromatic N) is 1. The van der Waals surface area contributed by atoms with Gasteiger partial charge in [-0.05, 0) is 13.8 Å². The maximum Gasteiger partial charge on any atom is 0.344 e. The summed E-state index contributed by atoms with van der Waals surface area (Å²) in [5, 5.41) is 19.6. The first kappa shape index (κ1) is 15.4. The zero-order valence-corrected chi connectivity index (χ0v) is 10.9. The third kappa shape index (κ3) is 3.44. The van der Waals surface area contributed by atoms with E-state index in [2.05, 4.69) is 0 Å². The van der Waals surface area contributed by atoms with Gasteiger partial charge in [0.15, 0.2) is 23.9 Å². The van der Waals surface area contributed by atoms with Crippen molar-refractivity contribution in [2.45, 2.75) is 20.0 Å². The van der Waals surface area contributed by atoms with Gasteiger partial charge < -0.3 is 14.6 Å². The SMILES string of the molecule is CCOc1cc([N+](=O)[O-])cc(C=O)c1O[C@@H](C)C(=O)O. The number of benzene rings is 1. The molecule has 0 fully saturated rings. The Morgan fingerprint density at radius 1 is 1.55 bits per heavy atom. The number of hydrogen-bond acceptors (Lipinski definition) is 6. The van der Waals surface area contributed by atoms with E-state index >= 15 is 0 Å². The van der Waals surface area contributed by atoms with Crippen molar-refractivity contribution in [1.82, 2.24) is 0 Å². The molecule has 1 rings (SSSR count). The summed E-state index contributed by atoms with van der Waals surface area (Å²) in [6, 6.07) is 2.08. The topological polar surface area (TPSA) is 116 Å². The van der Waals surface area contributed by atoms with E-state index in [9.17, 15) is 19.7 Å². The van der Waals surface area contributed by atoms with Crippen molar-refractivity contribution in [3.05, 3.63) is 27.8 Å². The highest BCUT2D eigenvalue weighted by Crippen LogP contribution is 2.35. The monoisotopic (exact) mass is 283 g/mol. The van der Waals surface area contributed by atoms with Crippen LogP contribution in [0.15, 0.2) is 12.1 Å². The van der Waals surface area contributed by atoms with Crippen LogP contribution < -0.4 is 9.47 Å². The Morgan fingerprint density at radius 3 is 2.65 bits per heavy atom. The lowest BCUT2D eigenvalue weighted by atomic mass is 10.1. The van der Waals surface area contributed by atoms with Gasteiger partial charge in [0.25, 0.3) is 5.69 Å². The summed E-state index contributed by atoms with van der Waals surface area (Å²) >= 11 is 0. The predicted molar refractivity (Wildman–Crippen MR) is 67.4 cm³/mol. The number of carboxylic acid groups (broad SMARTS) is 1. The maximum atomic E-state index is 11.0. The molecule has 0 unspecified atom stereocenters. The highest BCUT2D eigenvalue weighted by atomic mass is 16.6. The molecule has 0 aliphatic carbocycles. The summed E-state index contributed by atoms with van der Waals surface area (Å²) in [7, 11) is 0. The molecule has 1 N–H and O–H groups in total. The summed E-state index contributed by atoms with van der Waals surface area (Å²) in [5.41, 5.74) is -0.485. The number of hydrogen-bond donors (Lipinski definition) is 1. The lowest BCUT2D eigenvalue weighted by Gasteiger charge is -2.16. The number of nitro groups is 1. The van der Waals surface area contributed by atoms with Crippen LogP contribution in [0.3, 0.4) is 0 Å². The molecule has 0 saturated heterocycles. The standard InChI is InChI=1S/C12H13NO7/c1-3-19-10-5-9(13(17)18)4-8(6-14)11(10)20-7(2)12(15)16/h4-7H,3H2,1-2H3,(H,15,16)/t7-/m0/s1. The quantitative estimate of drug-likeness (QED) is 0.459. The van der Waals surface area contributed by atoms with Crippen LogP contribution in [0.1, 0.15) is 24.2 Å². The Kier molecular flexibility index (Phi) is 5.01. The minimum atomic E-state index is -1.23. The van der Waals surface area contributed by atoms with Crippen LogP contribution in [0, 0.1) is 10.1 Å². The van der Waals surface area contributed by atoms with Crippen molar-refractivity contribution < 1.29 is 29.1 Å². The Balaban J connectivity index is 3.34. The van der Waals surface area contributed by atoms with Gasteiger partial charge in [0.1, 0.15) is 0 Å². The third-order valence-electron chi connectivity index (χ3n) is 2.35. The first-order valence-corrected chi connectivity index (χ1v) is 5.70. The molecular weight excluding hydrogens is 270 g/mol. The smallest absolute Gasteiger partial charge is 0.344 e. The average molecular weight is 283 g/mol. The fourth-order valence-corrected chi connectivity index (χ4v) is 1.42. The van der Waals surface area contributed by atoms with E-state index in [4.69, 9.17) is 14.6 Å². The molecule has 0 heterocycles. The largest absolute Gasteiger partial charge is 0.490 e. The van der Waals surface area contributed by atoms with Crippen molar-refractivity contribution in [3.8, 4) is 11.5 Å². The Morgan fingerprint density at radius 2 is 2.20 bits per heavy atom. The number of non-ortho nitro benzene ring substituents is 1. The van der Waals surface area contributed by atoms with E-state index in [1.54, 1.807) is 6.92 Å². The number of carboxylic acids is 1. The summed E-state index contributed by atoms with van der Waals surface area (Å²) in [6.45, 7) is 3.09. The van der Waals surface area contributed by atoms with Crippen LogP contribution in [-0.4, -0.2) is 35.0 Å². The second-order valence-corrected chi connectivity index (χ2v) is 3.77. The van der Waals surface area contributed by atoms with Gasteiger partial charge in [-0.3, -0.25) is 14.9 Å². The zero-order valence-electron chi connectivity index (χ0n) is 10.9. The van der Waals surface area contributed by atoms with Gasteiger partial charge in [0, 0.05) is 6.07 Å². The molecule has 0 aliphatic heterocycles. The molecule has 108 valence electrons. The molecule has 0 aromatic heterocycles. The van der Waals surface area contributed by atoms with E-state index in [1.165, 1.54) is 6.92 Å². The number of nitro benzene ring substituents is 1. The lowest BCUT2D eigenvalue weighted by molar-refractivity contribution is -0.385. The molecule has 20 heavy (non-hydrogen) atoms. The lowest BCUT2D eigenvalue weighted by Crippen LogP contribution is -2.23. The van der Waals surface area contributed by atoms with Gasteiger partial charge in [-0.25, -0.2) is 4.79 Å². The van der Waals surface area contributed by atoms with Gasteiger partial charge in [-0.2, -0.15) is 0 Å². The molecule has 1 atom stereocenters. The predicted octanol–water partition coefficient (Wildman–Crippen LogP) is 1.66. The van der Waals surface area contributed by atoms with Crippen LogP contribution in [0.25, 0.3) is 0 Å². The minimum absolute atomic E-state index is 0.0445. The van der Waals surface area contributed by atoms with Gasteiger partial charge in [-0.1, -0.05) is 0 Å². The summed E-state index contributed by atoms with van der Waals surface area (Å²) in [6.07, 6.45) is -0.881. The molecule has 0 saturated carbocycles. The second-order valence-electron chi connectivity index (χ2n) is 3.77. The molecule has 0 radical (unpaired) electrons. The fourth-order valence-electron chi connectivity index (χ4n) is 1.42. The fraction of sp³-hybridized carbons (Fsp3) is 0.333. The first-order chi connectivity index (χ1) is 9.40. The van der Waals surface area contributed by atoms with E-state index in [1.807, 2.05) is 0 Å². The normalized spacial score (nSPS) is 11.5. The Bertz CT molecular complexity index is 541. The van der Waals surface area contributed by atoms with Gasteiger partial charge >= 0.3 is 5.97 Å². The van der Waals surface area contributed by atoms with Gasteiger partial charge in [0.05, 0.1) is 23.2 Å². The Labute approximate surface area is 114 Å². The number of aldehydes is 1. The molecule has 0 spiro atoms. The minimum Gasteiger partial charge on any atom is -0.490 e. The maximum absolute atomic E-state index is 11.0. The average Bonchev–Trinajstić information content (AvgIpc) is 2.40. The molecule has 1 aromatic rings. The number of rotatable bonds is 7. The first-order valence-electron chi connectivity index (χ1n) is 5.70. The molecule has 0 amide bonds. The highest BCUT2D eigenvalue weighted by molar-refractivity contribution is 5.83. The van der Waals surface area contributed by atoms with Gasteiger partial charge in [-0.15, -0.1) is 0 Å². The molecule has 1 aromatic carbocycles. The number of carbonyl (C=O) groups is 2. The van der Waals surface area contributed by atoms with Crippen molar-refractivity contribution in [2.75, 3.05) is 6.61 Å². The number of carbonyl (C=O) groups excluding carboxylic acids is 1. The van der Waals surface area contributed by atoms with Crippen LogP contribution in [0.2, 0.25) is 0 Å². The number of aliphatic carboxylic acids is 1. The molecule has 0 bridgehead atoms. The van der Waals surface area contributed by atoms with Crippen LogP contribution >= 0.6 is 0 Å². The Hall–Kier alpha value is -2.64. The van der Waals surface area contributed by atoms with Crippen molar-refractivity contribution in [1.29, 1.82) is 0 Å². The van der Waals surface area contributed by atoms with Crippen LogP contribution in [0.4, 0.5) is 5.69 Å². The summed E-state index contributed by atoms with van der Waals surface area (Å²) in [4.78, 5) is 31.9. The van der Waals surface area contributed by atoms with Gasteiger partial charge in [0.2, 0.25) is 0 Å². The summed E-state index contributed by atoms with van der Waals surface area (Å²) in [5.74, 6) is -1.40. The second kappa shape index (κ2) is 6.50. The van der Waals surface area contributed by atoms with E-state index in [-0.39, 0.29) is 29.4 Å². The molecule has 8 heteroatoms. The van der Waals surface area contributed by atoms with Crippen LogP contribution in [-0.2, 0) is 4.79 Å². The van der Waals surface area contributed by atoms with Crippen molar-refractivity contribution in [2.24, 2.45) is 0 Å². The van der Waals surface area contributed by atoms with Crippen molar-refractivity contribution in [3.63, 3.8) is 0 Å². The van der Waals surface area contributed by atoms with E-state index in [0.717, 1.165) is 12.1 Å². The molecular formula is C12H13NO7. The van der Waals surface area contributed by atoms with Crippen LogP contribution in [0.5, 0.6) is 11.5 Å². The number of ether oxygens (including phenoxy) is 2.